The van der Waals surface area contributed by atoms with Crippen LogP contribution in [0.4, 0.5) is 0 Å². The second kappa shape index (κ2) is 6.29. The van der Waals surface area contributed by atoms with E-state index < -0.39 is 0 Å². The molecule has 0 radical (unpaired) electrons. The summed E-state index contributed by atoms with van der Waals surface area (Å²) in [5.41, 5.74) is 1.47. The lowest BCUT2D eigenvalue weighted by atomic mass is 9.82. The van der Waals surface area contributed by atoms with Crippen LogP contribution in [0, 0.1) is 11.3 Å². The van der Waals surface area contributed by atoms with Crippen LogP contribution in [0.1, 0.15) is 53.8 Å². The van der Waals surface area contributed by atoms with E-state index in [1.54, 1.807) is 31.3 Å². The van der Waals surface area contributed by atoms with E-state index in [1.165, 1.54) is 19.3 Å². The minimum atomic E-state index is -0.144. The summed E-state index contributed by atoms with van der Waals surface area (Å²) in [4.78, 5) is 23.6. The molecule has 2 N–H and O–H groups in total. The van der Waals surface area contributed by atoms with Crippen LogP contribution in [-0.4, -0.2) is 25.4 Å². The molecular formula is C17H24N2O2. The number of rotatable bonds is 4. The van der Waals surface area contributed by atoms with Crippen molar-refractivity contribution >= 4 is 11.8 Å². The largest absolute Gasteiger partial charge is 0.355 e. The Morgan fingerprint density at radius 3 is 2.19 bits per heavy atom. The van der Waals surface area contributed by atoms with Crippen LogP contribution in [0.15, 0.2) is 24.3 Å². The first-order valence-electron chi connectivity index (χ1n) is 7.54. The van der Waals surface area contributed by atoms with E-state index in [0.717, 1.165) is 6.54 Å². The summed E-state index contributed by atoms with van der Waals surface area (Å²) in [6, 6.07) is 6.74. The Labute approximate surface area is 126 Å². The maximum absolute atomic E-state index is 12.2. The van der Waals surface area contributed by atoms with Crippen LogP contribution in [0.3, 0.4) is 0 Å². The first-order valence-corrected chi connectivity index (χ1v) is 7.54. The lowest BCUT2D eigenvalue weighted by Gasteiger charge is -2.27. The van der Waals surface area contributed by atoms with Crippen molar-refractivity contribution in [1.29, 1.82) is 0 Å². The quantitative estimate of drug-likeness (QED) is 0.894. The molecule has 0 spiro atoms. The van der Waals surface area contributed by atoms with Crippen LogP contribution < -0.4 is 10.6 Å². The van der Waals surface area contributed by atoms with Gasteiger partial charge >= 0.3 is 0 Å². The van der Waals surface area contributed by atoms with Crippen molar-refractivity contribution in [1.82, 2.24) is 10.6 Å². The highest BCUT2D eigenvalue weighted by atomic mass is 16.2. The van der Waals surface area contributed by atoms with Crippen LogP contribution in [0.25, 0.3) is 0 Å². The molecule has 0 heterocycles. The number of hydrogen-bond acceptors (Lipinski definition) is 2. The summed E-state index contributed by atoms with van der Waals surface area (Å²) in [6.07, 6.45) is 3.66. The van der Waals surface area contributed by atoms with Crippen LogP contribution in [0.5, 0.6) is 0 Å². The van der Waals surface area contributed by atoms with Gasteiger partial charge in [0.15, 0.2) is 0 Å². The van der Waals surface area contributed by atoms with E-state index in [2.05, 4.69) is 24.5 Å². The van der Waals surface area contributed by atoms with Gasteiger partial charge in [0.25, 0.3) is 11.8 Å². The highest BCUT2D eigenvalue weighted by molar-refractivity contribution is 5.97. The highest BCUT2D eigenvalue weighted by Gasteiger charge is 2.34. The molecule has 1 aromatic carbocycles. The average molecular weight is 288 g/mol. The van der Waals surface area contributed by atoms with E-state index in [4.69, 9.17) is 0 Å². The van der Waals surface area contributed by atoms with Crippen molar-refractivity contribution in [2.24, 2.45) is 11.3 Å². The zero-order chi connectivity index (χ0) is 15.5. The normalized spacial score (nSPS) is 20.0. The van der Waals surface area contributed by atoms with Gasteiger partial charge in [0, 0.05) is 24.7 Å². The van der Waals surface area contributed by atoms with Crippen molar-refractivity contribution in [3.63, 3.8) is 0 Å². The molecular weight excluding hydrogens is 264 g/mol. The molecule has 1 saturated carbocycles. The van der Waals surface area contributed by atoms with Crippen LogP contribution in [0.2, 0.25) is 0 Å². The molecule has 0 bridgehead atoms. The summed E-state index contributed by atoms with van der Waals surface area (Å²) >= 11 is 0. The molecule has 21 heavy (non-hydrogen) atoms. The number of carbonyl (C=O) groups excluding carboxylic acids is 2. The summed E-state index contributed by atoms with van der Waals surface area (Å²) in [7, 11) is 1.59. The first-order chi connectivity index (χ1) is 9.94. The molecule has 4 nitrogen and oxygen atoms in total. The number of hydrogen-bond donors (Lipinski definition) is 2. The molecule has 0 aliphatic heterocycles. The molecule has 1 aromatic rings. The molecule has 0 aromatic heterocycles. The van der Waals surface area contributed by atoms with Gasteiger partial charge in [-0.3, -0.25) is 9.59 Å². The lowest BCUT2D eigenvalue weighted by Crippen LogP contribution is -2.33. The predicted octanol–water partition coefficient (Wildman–Crippen LogP) is 2.60. The zero-order valence-electron chi connectivity index (χ0n) is 13.0. The second-order valence-corrected chi connectivity index (χ2v) is 6.44. The Balaban J connectivity index is 1.93. The Bertz CT molecular complexity index is 520. The van der Waals surface area contributed by atoms with E-state index in [0.29, 0.717) is 22.5 Å². The maximum atomic E-state index is 12.2. The van der Waals surface area contributed by atoms with Gasteiger partial charge in [-0.15, -0.1) is 0 Å². The predicted molar refractivity (Wildman–Crippen MR) is 83.3 cm³/mol. The van der Waals surface area contributed by atoms with Gasteiger partial charge < -0.3 is 10.6 Å². The fourth-order valence-corrected chi connectivity index (χ4v) is 3.01. The maximum Gasteiger partial charge on any atom is 0.251 e. The van der Waals surface area contributed by atoms with Crippen molar-refractivity contribution in [3.05, 3.63) is 35.4 Å². The third-order valence-electron chi connectivity index (χ3n) is 4.62. The Hall–Kier alpha value is -1.84. The fourth-order valence-electron chi connectivity index (χ4n) is 3.01. The molecule has 1 atom stereocenters. The highest BCUT2D eigenvalue weighted by Crippen LogP contribution is 2.41. The fraction of sp³-hybridized carbons (Fsp3) is 0.529. The Morgan fingerprint density at radius 2 is 1.71 bits per heavy atom. The topological polar surface area (TPSA) is 58.2 Å². The smallest absolute Gasteiger partial charge is 0.251 e. The van der Waals surface area contributed by atoms with E-state index in [9.17, 15) is 9.59 Å². The molecule has 1 aliphatic carbocycles. The second-order valence-electron chi connectivity index (χ2n) is 6.44. The first kappa shape index (κ1) is 15.5. The Morgan fingerprint density at radius 1 is 1.14 bits per heavy atom. The summed E-state index contributed by atoms with van der Waals surface area (Å²) in [5.74, 6) is 0.336. The van der Waals surface area contributed by atoms with Gasteiger partial charge in [-0.2, -0.15) is 0 Å². The van der Waals surface area contributed by atoms with Gasteiger partial charge in [-0.1, -0.05) is 20.3 Å². The molecule has 2 amide bonds. The number of carbonyl (C=O) groups is 2. The minimum absolute atomic E-state index is 0.0684. The van der Waals surface area contributed by atoms with Gasteiger partial charge in [-0.05, 0) is 48.4 Å². The average Bonchev–Trinajstić information content (AvgIpc) is 2.82. The molecule has 0 saturated heterocycles. The molecule has 114 valence electrons. The van der Waals surface area contributed by atoms with E-state index >= 15 is 0 Å². The lowest BCUT2D eigenvalue weighted by molar-refractivity contribution is 0.0932. The van der Waals surface area contributed by atoms with Gasteiger partial charge in [0.2, 0.25) is 0 Å². The van der Waals surface area contributed by atoms with E-state index in [1.807, 2.05) is 0 Å². The molecule has 2 rings (SSSR count). The van der Waals surface area contributed by atoms with Crippen molar-refractivity contribution in [2.45, 2.75) is 33.1 Å². The zero-order valence-corrected chi connectivity index (χ0v) is 13.0. The SMILES string of the molecule is CNC(=O)c1ccc(C(=O)NCC2CCCC2(C)C)cc1. The van der Waals surface area contributed by atoms with Crippen LogP contribution >= 0.6 is 0 Å². The standard InChI is InChI=1S/C17H24N2O2/c1-17(2)10-4-5-14(17)11-19-16(21)13-8-6-12(7-9-13)15(20)18-3/h6-9,14H,4-5,10-11H2,1-3H3,(H,18,20)(H,19,21). The van der Waals surface area contributed by atoms with Crippen LogP contribution in [-0.2, 0) is 0 Å². The number of amides is 2. The van der Waals surface area contributed by atoms with Crippen molar-refractivity contribution in [3.8, 4) is 0 Å². The number of nitrogens with one attached hydrogen (secondary N) is 2. The molecule has 1 fully saturated rings. The van der Waals surface area contributed by atoms with Crippen molar-refractivity contribution in [2.75, 3.05) is 13.6 Å². The monoisotopic (exact) mass is 288 g/mol. The molecule has 1 unspecified atom stereocenters. The summed E-state index contributed by atoms with van der Waals surface area (Å²) in [5, 5.41) is 5.58. The van der Waals surface area contributed by atoms with E-state index in [-0.39, 0.29) is 11.8 Å². The number of benzene rings is 1. The Kier molecular flexibility index (Phi) is 4.66. The van der Waals surface area contributed by atoms with Gasteiger partial charge in [-0.25, -0.2) is 0 Å². The van der Waals surface area contributed by atoms with Gasteiger partial charge in [0.1, 0.15) is 0 Å². The summed E-state index contributed by atoms with van der Waals surface area (Å²) in [6.45, 7) is 5.27. The third kappa shape index (κ3) is 3.63. The van der Waals surface area contributed by atoms with Crippen molar-refractivity contribution < 1.29 is 9.59 Å². The minimum Gasteiger partial charge on any atom is -0.355 e. The third-order valence-corrected chi connectivity index (χ3v) is 4.62. The summed E-state index contributed by atoms with van der Waals surface area (Å²) < 4.78 is 0. The molecule has 1 aliphatic rings. The van der Waals surface area contributed by atoms with Gasteiger partial charge in [0.05, 0.1) is 0 Å². The molecule has 4 heteroatoms.